The molecule has 19 heavy (non-hydrogen) atoms. The first kappa shape index (κ1) is 14.5. The summed E-state index contributed by atoms with van der Waals surface area (Å²) in [6.45, 7) is 7.12. The van der Waals surface area contributed by atoms with E-state index in [9.17, 15) is 4.39 Å². The van der Waals surface area contributed by atoms with Crippen molar-refractivity contribution in [1.29, 1.82) is 0 Å². The van der Waals surface area contributed by atoms with Crippen LogP contribution < -0.4 is 5.73 Å². The highest BCUT2D eigenvalue weighted by Gasteiger charge is 2.32. The normalized spacial score (nSPS) is 24.6. The van der Waals surface area contributed by atoms with E-state index in [-0.39, 0.29) is 11.9 Å². The van der Waals surface area contributed by atoms with Crippen LogP contribution in [-0.4, -0.2) is 24.5 Å². The fourth-order valence-corrected chi connectivity index (χ4v) is 3.32. The molecule has 0 amide bonds. The minimum Gasteiger partial charge on any atom is -0.330 e. The maximum absolute atomic E-state index is 13.6. The second kappa shape index (κ2) is 6.49. The standard InChI is InChI=1S/C16H25FN2/c1-3-8-19-9-4-5-13(11-18)16(19)15-10-14(17)7-6-12(15)2/h6-7,10,13,16H,3-5,8-9,11,18H2,1-2H3. The lowest BCUT2D eigenvalue weighted by molar-refractivity contribution is 0.0954. The molecular formula is C16H25FN2. The predicted octanol–water partition coefficient (Wildman–Crippen LogP) is 3.26. The highest BCUT2D eigenvalue weighted by molar-refractivity contribution is 5.30. The van der Waals surface area contributed by atoms with Crippen LogP contribution >= 0.6 is 0 Å². The van der Waals surface area contributed by atoms with E-state index in [1.165, 1.54) is 12.0 Å². The quantitative estimate of drug-likeness (QED) is 0.904. The second-order valence-corrected chi connectivity index (χ2v) is 5.62. The molecule has 1 aliphatic rings. The number of benzene rings is 1. The van der Waals surface area contributed by atoms with E-state index < -0.39 is 0 Å². The molecule has 2 rings (SSSR count). The van der Waals surface area contributed by atoms with Gasteiger partial charge in [0.1, 0.15) is 5.82 Å². The summed E-state index contributed by atoms with van der Waals surface area (Å²) >= 11 is 0. The van der Waals surface area contributed by atoms with E-state index in [1.54, 1.807) is 12.1 Å². The van der Waals surface area contributed by atoms with Gasteiger partial charge in [0, 0.05) is 6.04 Å². The van der Waals surface area contributed by atoms with Crippen molar-refractivity contribution in [1.82, 2.24) is 4.90 Å². The molecule has 1 fully saturated rings. The second-order valence-electron chi connectivity index (χ2n) is 5.62. The van der Waals surface area contributed by atoms with Crippen LogP contribution in [0.25, 0.3) is 0 Å². The van der Waals surface area contributed by atoms with Crippen molar-refractivity contribution in [3.63, 3.8) is 0 Å². The first-order valence-electron chi connectivity index (χ1n) is 7.37. The van der Waals surface area contributed by atoms with Gasteiger partial charge >= 0.3 is 0 Å². The number of hydrogen-bond donors (Lipinski definition) is 1. The molecule has 0 spiro atoms. The topological polar surface area (TPSA) is 29.3 Å². The molecule has 2 nitrogen and oxygen atoms in total. The summed E-state index contributed by atoms with van der Waals surface area (Å²) in [4.78, 5) is 2.49. The van der Waals surface area contributed by atoms with Crippen LogP contribution in [0.5, 0.6) is 0 Å². The molecule has 3 heteroatoms. The minimum atomic E-state index is -0.140. The van der Waals surface area contributed by atoms with Gasteiger partial charge in [0.15, 0.2) is 0 Å². The molecule has 1 saturated heterocycles. The number of piperidine rings is 1. The van der Waals surface area contributed by atoms with E-state index in [1.807, 2.05) is 6.07 Å². The number of nitrogens with two attached hydrogens (primary N) is 1. The molecule has 0 saturated carbocycles. The Kier molecular flexibility index (Phi) is 4.94. The van der Waals surface area contributed by atoms with Crippen molar-refractivity contribution < 1.29 is 4.39 Å². The van der Waals surface area contributed by atoms with Gasteiger partial charge in [-0.25, -0.2) is 4.39 Å². The van der Waals surface area contributed by atoms with Gasteiger partial charge in [-0.05, 0) is 75.0 Å². The number of hydrogen-bond acceptors (Lipinski definition) is 2. The van der Waals surface area contributed by atoms with Crippen molar-refractivity contribution in [2.24, 2.45) is 11.7 Å². The highest BCUT2D eigenvalue weighted by Crippen LogP contribution is 2.37. The van der Waals surface area contributed by atoms with Crippen LogP contribution in [0.1, 0.15) is 43.4 Å². The van der Waals surface area contributed by atoms with Crippen LogP contribution in [0, 0.1) is 18.7 Å². The van der Waals surface area contributed by atoms with Crippen LogP contribution in [0.15, 0.2) is 18.2 Å². The van der Waals surface area contributed by atoms with Crippen LogP contribution in [0.2, 0.25) is 0 Å². The molecule has 0 aliphatic carbocycles. The largest absolute Gasteiger partial charge is 0.330 e. The lowest BCUT2D eigenvalue weighted by Gasteiger charge is -2.42. The van der Waals surface area contributed by atoms with E-state index in [0.29, 0.717) is 12.5 Å². The molecule has 106 valence electrons. The fourth-order valence-electron chi connectivity index (χ4n) is 3.32. The Hall–Kier alpha value is -0.930. The average Bonchev–Trinajstić information content (AvgIpc) is 2.42. The van der Waals surface area contributed by atoms with Gasteiger partial charge < -0.3 is 5.73 Å². The molecular weight excluding hydrogens is 239 g/mol. The van der Waals surface area contributed by atoms with Crippen molar-refractivity contribution in [3.05, 3.63) is 35.1 Å². The molecule has 0 bridgehead atoms. The molecule has 2 atom stereocenters. The van der Waals surface area contributed by atoms with Gasteiger partial charge in [0.2, 0.25) is 0 Å². The molecule has 0 radical (unpaired) electrons. The van der Waals surface area contributed by atoms with Crippen molar-refractivity contribution in [2.45, 2.75) is 39.2 Å². The van der Waals surface area contributed by atoms with Crippen molar-refractivity contribution in [3.8, 4) is 0 Å². The summed E-state index contributed by atoms with van der Waals surface area (Å²) < 4.78 is 13.6. The lowest BCUT2D eigenvalue weighted by Crippen LogP contribution is -2.42. The first-order chi connectivity index (χ1) is 9.17. The SMILES string of the molecule is CCCN1CCCC(CN)C1c1cc(F)ccc1C. The third kappa shape index (κ3) is 3.15. The Labute approximate surface area is 115 Å². The van der Waals surface area contributed by atoms with Crippen LogP contribution in [0.3, 0.4) is 0 Å². The molecule has 0 aromatic heterocycles. The molecule has 1 aromatic carbocycles. The van der Waals surface area contributed by atoms with Crippen LogP contribution in [0.4, 0.5) is 4.39 Å². The fraction of sp³-hybridized carbons (Fsp3) is 0.625. The van der Waals surface area contributed by atoms with E-state index >= 15 is 0 Å². The summed E-state index contributed by atoms with van der Waals surface area (Å²) in [5, 5.41) is 0. The van der Waals surface area contributed by atoms with E-state index in [0.717, 1.165) is 31.5 Å². The Morgan fingerprint density at radius 3 is 2.89 bits per heavy atom. The molecule has 2 N–H and O–H groups in total. The number of nitrogens with zero attached hydrogens (tertiary/aromatic N) is 1. The Balaban J connectivity index is 2.36. The van der Waals surface area contributed by atoms with Gasteiger partial charge in [0.25, 0.3) is 0 Å². The molecule has 1 heterocycles. The summed E-state index contributed by atoms with van der Waals surface area (Å²) in [7, 11) is 0. The Morgan fingerprint density at radius 1 is 1.42 bits per heavy atom. The summed E-state index contributed by atoms with van der Waals surface area (Å²) in [6, 6.07) is 5.42. The summed E-state index contributed by atoms with van der Waals surface area (Å²) in [5.74, 6) is 0.305. The third-order valence-electron chi connectivity index (χ3n) is 4.23. The van der Waals surface area contributed by atoms with Gasteiger partial charge in [-0.1, -0.05) is 13.0 Å². The van der Waals surface area contributed by atoms with Gasteiger partial charge in [-0.2, -0.15) is 0 Å². The maximum atomic E-state index is 13.6. The van der Waals surface area contributed by atoms with Gasteiger partial charge in [-0.3, -0.25) is 4.90 Å². The number of halogens is 1. The zero-order chi connectivity index (χ0) is 13.8. The monoisotopic (exact) mass is 264 g/mol. The smallest absolute Gasteiger partial charge is 0.123 e. The molecule has 1 aromatic rings. The van der Waals surface area contributed by atoms with E-state index in [4.69, 9.17) is 5.73 Å². The van der Waals surface area contributed by atoms with E-state index in [2.05, 4.69) is 18.7 Å². The van der Waals surface area contributed by atoms with Crippen LogP contribution in [-0.2, 0) is 0 Å². The predicted molar refractivity (Wildman–Crippen MR) is 77.5 cm³/mol. The zero-order valence-corrected chi connectivity index (χ0v) is 12.0. The maximum Gasteiger partial charge on any atom is 0.123 e. The summed E-state index contributed by atoms with van der Waals surface area (Å²) in [6.07, 6.45) is 3.48. The Morgan fingerprint density at radius 2 is 2.21 bits per heavy atom. The number of likely N-dealkylation sites (tertiary alicyclic amines) is 1. The summed E-state index contributed by atoms with van der Waals surface area (Å²) in [5.41, 5.74) is 8.26. The number of aryl methyl sites for hydroxylation is 1. The van der Waals surface area contributed by atoms with Gasteiger partial charge in [0.05, 0.1) is 0 Å². The average molecular weight is 264 g/mol. The van der Waals surface area contributed by atoms with Crippen molar-refractivity contribution in [2.75, 3.05) is 19.6 Å². The molecule has 2 unspecified atom stereocenters. The first-order valence-corrected chi connectivity index (χ1v) is 7.37. The Bertz CT molecular complexity index is 417. The van der Waals surface area contributed by atoms with Crippen molar-refractivity contribution >= 4 is 0 Å². The zero-order valence-electron chi connectivity index (χ0n) is 12.0. The number of rotatable bonds is 4. The minimum absolute atomic E-state index is 0.140. The highest BCUT2D eigenvalue weighted by atomic mass is 19.1. The third-order valence-corrected chi connectivity index (χ3v) is 4.23. The van der Waals surface area contributed by atoms with Gasteiger partial charge in [-0.15, -0.1) is 0 Å². The lowest BCUT2D eigenvalue weighted by atomic mass is 9.83. The molecule has 1 aliphatic heterocycles.